The third kappa shape index (κ3) is 10.6. The number of para-hydroxylation sites is 8. The van der Waals surface area contributed by atoms with Crippen molar-refractivity contribution in [2.75, 3.05) is 0 Å². The maximum Gasteiger partial charge on any atom is 0.307 e. The minimum Gasteiger partial charge on any atom is -0.423 e. The van der Waals surface area contributed by atoms with Crippen LogP contribution in [0, 0.1) is 0 Å². The molecule has 0 aliphatic heterocycles. The van der Waals surface area contributed by atoms with Crippen LogP contribution in [0.4, 0.5) is 0 Å². The molecule has 568 valence electrons. The molecule has 122 heavy (non-hydrogen) atoms. The molecule has 6 heterocycles. The first-order valence-corrected chi connectivity index (χ1v) is 41.4. The smallest absolute Gasteiger partial charge is 0.307 e. The Hall–Kier alpha value is -16.6. The average Bonchev–Trinajstić information content (AvgIpc) is 1.51. The largest absolute Gasteiger partial charge is 0.423 e. The van der Waals surface area contributed by atoms with Crippen molar-refractivity contribution in [1.29, 1.82) is 0 Å². The maximum atomic E-state index is 6.25. The molecule has 10 nitrogen and oxygen atoms in total. The normalized spacial score (nSPS) is 11.9. The minimum atomic E-state index is 0.594. The van der Waals surface area contributed by atoms with Crippen molar-refractivity contribution in [3.63, 3.8) is 0 Å². The van der Waals surface area contributed by atoms with Gasteiger partial charge in [0.25, 0.3) is 0 Å². The minimum absolute atomic E-state index is 0.594. The summed E-state index contributed by atoms with van der Waals surface area (Å²) < 4.78 is 17.6. The van der Waals surface area contributed by atoms with Gasteiger partial charge in [-0.15, -0.1) is 10.2 Å². The van der Waals surface area contributed by atoms with E-state index in [1.165, 1.54) is 140 Å². The molecule has 0 radical (unpaired) electrons. The predicted molar refractivity (Wildman–Crippen MR) is 508 cm³/mol. The molecule has 0 spiro atoms. The van der Waals surface area contributed by atoms with Crippen LogP contribution in [-0.2, 0) is 0 Å². The van der Waals surface area contributed by atoms with Crippen molar-refractivity contribution >= 4 is 185 Å². The summed E-state index contributed by atoms with van der Waals surface area (Å²) in [6, 6.07) is 150. The lowest BCUT2D eigenvalue weighted by atomic mass is 9.93. The van der Waals surface area contributed by atoms with Gasteiger partial charge in [0.2, 0.25) is 5.95 Å². The second-order valence-electron chi connectivity index (χ2n) is 31.5. The van der Waals surface area contributed by atoms with Crippen molar-refractivity contribution in [1.82, 2.24) is 43.0 Å². The van der Waals surface area contributed by atoms with Crippen LogP contribution >= 0.6 is 0 Å². The molecule has 0 N–H and O–H groups in total. The van der Waals surface area contributed by atoms with Crippen LogP contribution in [0.3, 0.4) is 0 Å². The Bertz CT molecular complexity index is 8870. The van der Waals surface area contributed by atoms with E-state index < -0.39 is 0 Å². The number of rotatable bonds is 7. The van der Waals surface area contributed by atoms with E-state index >= 15 is 0 Å². The molecule has 0 saturated heterocycles. The Morgan fingerprint density at radius 3 is 0.869 bits per heavy atom. The molecule has 0 fully saturated rings. The van der Waals surface area contributed by atoms with Crippen LogP contribution in [0.2, 0.25) is 0 Å². The number of oxazole rings is 1. The Morgan fingerprint density at radius 2 is 0.459 bits per heavy atom. The van der Waals surface area contributed by atoms with E-state index in [2.05, 4.69) is 391 Å². The zero-order valence-corrected chi connectivity index (χ0v) is 65.8. The Labute approximate surface area is 697 Å². The molecule has 27 rings (SSSR count). The quantitative estimate of drug-likeness (QED) is 0.148. The van der Waals surface area contributed by atoms with Gasteiger partial charge < -0.3 is 8.98 Å². The van der Waals surface area contributed by atoms with E-state index in [4.69, 9.17) is 14.4 Å². The highest BCUT2D eigenvalue weighted by Crippen LogP contribution is 2.47. The molecule has 6 aromatic heterocycles. The van der Waals surface area contributed by atoms with Gasteiger partial charge in [0.1, 0.15) is 5.52 Å². The Balaban J connectivity index is 0.000000102. The highest BCUT2D eigenvalue weighted by atomic mass is 16.4. The summed E-state index contributed by atoms with van der Waals surface area (Å²) in [7, 11) is 0. The van der Waals surface area contributed by atoms with Crippen molar-refractivity contribution in [3.05, 3.63) is 419 Å². The predicted octanol–water partition coefficient (Wildman–Crippen LogP) is 29.1. The monoisotopic (exact) mass is 1560 g/mol. The first kappa shape index (κ1) is 68.6. The number of fused-ring (bicyclic) bond motifs is 29. The van der Waals surface area contributed by atoms with Gasteiger partial charge in [0, 0.05) is 60.5 Å². The van der Waals surface area contributed by atoms with Crippen LogP contribution in [0.5, 0.6) is 0 Å². The van der Waals surface area contributed by atoms with Gasteiger partial charge in [0.15, 0.2) is 17.2 Å². The number of hydrogen-bond acceptors (Lipinski definition) is 5. The maximum absolute atomic E-state index is 6.25. The molecule has 0 unspecified atom stereocenters. The van der Waals surface area contributed by atoms with E-state index in [9.17, 15) is 0 Å². The van der Waals surface area contributed by atoms with E-state index in [1.54, 1.807) is 0 Å². The standard InChI is InChI=1S/C44H28N4.C37H23N3.C31H18N2O/c1-3-13-29(14-4-1)43-45-46-44(30-15-5-2-6-16-30)48(43)32-25-23-31(24-26-32)47-41-22-12-11-21-37(41)40-27-38-35-19-9-7-17-33(35)34-18-8-10-20-36(34)39(38)28-42(40)47;1-2-12-24(13-3-1)39-35-21-11-9-19-33(35)38-37(39)40-34-20-10-8-18-29(34)32-22-30-27-16-6-4-14-25(27)26-15-5-7-17-28(26)31(30)23-36(32)40;1-3-11-21-19(9-1)20-10-2-4-12-22(20)25-18-29-26(17-24(21)25)23-13-5-7-15-28(23)33(29)31-32-27-14-6-8-16-30(27)34-31/h1-28H;1-23H;1-18H. The fraction of sp³-hybridized carbons (Fsp3) is 0. The van der Waals surface area contributed by atoms with Crippen molar-refractivity contribution in [3.8, 4) is 51.8 Å². The molecular formula is C112H69N9O. The third-order valence-electron chi connectivity index (χ3n) is 24.9. The molecule has 10 heteroatoms. The summed E-state index contributed by atoms with van der Waals surface area (Å²) in [5.74, 6) is 2.51. The molecule has 0 amide bonds. The molecule has 0 atom stereocenters. The summed E-state index contributed by atoms with van der Waals surface area (Å²) >= 11 is 0. The summed E-state index contributed by atoms with van der Waals surface area (Å²) in [5.41, 5.74) is 15.8. The summed E-state index contributed by atoms with van der Waals surface area (Å²) in [5, 5.41) is 39.6. The fourth-order valence-corrected chi connectivity index (χ4v) is 19.6. The fourth-order valence-electron chi connectivity index (χ4n) is 19.6. The van der Waals surface area contributed by atoms with Gasteiger partial charge >= 0.3 is 6.01 Å². The Morgan fingerprint density at radius 1 is 0.172 bits per heavy atom. The van der Waals surface area contributed by atoms with Gasteiger partial charge in [-0.25, -0.2) is 4.98 Å². The van der Waals surface area contributed by atoms with Crippen LogP contribution in [-0.4, -0.2) is 43.0 Å². The molecule has 27 aromatic rings. The van der Waals surface area contributed by atoms with E-state index in [0.717, 1.165) is 90.0 Å². The highest BCUT2D eigenvalue weighted by molar-refractivity contribution is 6.32. The Kier molecular flexibility index (Phi) is 15.5. The molecule has 0 aliphatic carbocycles. The van der Waals surface area contributed by atoms with Crippen molar-refractivity contribution in [2.45, 2.75) is 0 Å². The van der Waals surface area contributed by atoms with E-state index in [-0.39, 0.29) is 0 Å². The molecular weight excluding hydrogens is 1490 g/mol. The third-order valence-corrected chi connectivity index (χ3v) is 24.9. The SMILES string of the molecule is c1ccc(-c2nnc(-c3ccccc3)n2-c2ccc(-n3c4ccccc4c4cc5c6ccccc6c6ccccc6c5cc43)cc2)cc1.c1ccc(-n2c(-n3c4ccccc4c4cc5c6ccccc6c6ccccc6c5cc43)nc3ccccc32)cc1.c1ccc2oc(-n3c4ccccc4c4cc5c6ccccc6c6ccccc6c5cc43)nc2c1. The van der Waals surface area contributed by atoms with Crippen LogP contribution in [0.25, 0.3) is 236 Å². The summed E-state index contributed by atoms with van der Waals surface area (Å²) in [4.78, 5) is 10.1. The van der Waals surface area contributed by atoms with Crippen molar-refractivity contribution in [2.24, 2.45) is 0 Å². The first-order chi connectivity index (χ1) is 60.6. The molecule has 0 aliphatic rings. The van der Waals surface area contributed by atoms with Crippen LogP contribution < -0.4 is 0 Å². The first-order valence-electron chi connectivity index (χ1n) is 41.4. The van der Waals surface area contributed by atoms with Gasteiger partial charge in [-0.05, 0) is 212 Å². The van der Waals surface area contributed by atoms with Crippen molar-refractivity contribution < 1.29 is 4.42 Å². The van der Waals surface area contributed by atoms with Crippen LogP contribution in [0.1, 0.15) is 0 Å². The number of imidazole rings is 1. The van der Waals surface area contributed by atoms with Gasteiger partial charge in [0.05, 0.1) is 44.1 Å². The van der Waals surface area contributed by atoms with Gasteiger partial charge in [-0.2, -0.15) is 4.98 Å². The molecule has 0 saturated carbocycles. The summed E-state index contributed by atoms with van der Waals surface area (Å²) in [6.45, 7) is 0. The lowest BCUT2D eigenvalue weighted by Gasteiger charge is -2.14. The number of benzene rings is 21. The van der Waals surface area contributed by atoms with E-state index in [0.29, 0.717) is 6.01 Å². The number of nitrogens with zero attached hydrogens (tertiary/aromatic N) is 9. The average molecular weight is 1560 g/mol. The zero-order chi connectivity index (χ0) is 80.0. The molecule has 0 bridgehead atoms. The van der Waals surface area contributed by atoms with Gasteiger partial charge in [-0.3, -0.25) is 18.3 Å². The second-order valence-corrected chi connectivity index (χ2v) is 31.5. The van der Waals surface area contributed by atoms with Crippen LogP contribution in [0.15, 0.2) is 423 Å². The topological polar surface area (TPSA) is 89.4 Å². The molecule has 21 aromatic carbocycles. The van der Waals surface area contributed by atoms with E-state index in [1.807, 2.05) is 60.7 Å². The number of aromatic nitrogens is 9. The highest BCUT2D eigenvalue weighted by Gasteiger charge is 2.26. The lowest BCUT2D eigenvalue weighted by molar-refractivity contribution is 0.574. The number of hydrogen-bond donors (Lipinski definition) is 0. The zero-order valence-electron chi connectivity index (χ0n) is 65.8. The van der Waals surface area contributed by atoms with Gasteiger partial charge in [-0.1, -0.05) is 303 Å². The summed E-state index contributed by atoms with van der Waals surface area (Å²) in [6.07, 6.45) is 0. The second kappa shape index (κ2) is 27.5. The lowest BCUT2D eigenvalue weighted by Crippen LogP contribution is -2.05.